The Balaban J connectivity index is 2.87. The van der Waals surface area contributed by atoms with Gasteiger partial charge in [-0.25, -0.2) is 9.97 Å². The van der Waals surface area contributed by atoms with E-state index >= 15 is 0 Å². The fourth-order valence-corrected chi connectivity index (χ4v) is 1.14. The lowest BCUT2D eigenvalue weighted by Gasteiger charge is -1.99. The Kier molecular flexibility index (Phi) is 1.66. The first-order valence-corrected chi connectivity index (χ1v) is 3.83. The highest BCUT2D eigenvalue weighted by Crippen LogP contribution is 2.21. The van der Waals surface area contributed by atoms with E-state index in [9.17, 15) is 5.11 Å². The van der Waals surface area contributed by atoms with E-state index in [1.165, 1.54) is 0 Å². The van der Waals surface area contributed by atoms with E-state index in [1.807, 2.05) is 0 Å². The summed E-state index contributed by atoms with van der Waals surface area (Å²) in [5.74, 6) is -0.251. The van der Waals surface area contributed by atoms with Gasteiger partial charge < -0.3 is 10.8 Å². The topological polar surface area (TPSA) is 84.9 Å². The number of halogens is 1. The van der Waals surface area contributed by atoms with Crippen LogP contribution in [0.15, 0.2) is 12.1 Å². The average Bonchev–Trinajstić information content (AvgIpc) is 2.06. The molecule has 2 aromatic rings. The average molecular weight is 197 g/mol. The lowest BCUT2D eigenvalue weighted by Crippen LogP contribution is -1.96. The van der Waals surface area contributed by atoms with Crippen LogP contribution in [0, 0.1) is 0 Å². The van der Waals surface area contributed by atoms with E-state index in [-0.39, 0.29) is 22.5 Å². The van der Waals surface area contributed by atoms with E-state index in [0.717, 1.165) is 0 Å². The molecule has 0 atom stereocenters. The Hall–Kier alpha value is -1.62. The van der Waals surface area contributed by atoms with Gasteiger partial charge in [-0.15, -0.1) is 0 Å². The Morgan fingerprint density at radius 3 is 2.77 bits per heavy atom. The molecule has 5 nitrogen and oxygen atoms in total. The first kappa shape index (κ1) is 8.00. The number of nitrogen functional groups attached to an aromatic ring is 1. The van der Waals surface area contributed by atoms with Gasteiger partial charge in [0, 0.05) is 0 Å². The van der Waals surface area contributed by atoms with Crippen LogP contribution in [0.25, 0.3) is 11.0 Å². The fourth-order valence-electron chi connectivity index (χ4n) is 0.993. The number of nitrogens with zero attached hydrogens (tertiary/aromatic N) is 3. The number of rotatable bonds is 0. The second kappa shape index (κ2) is 2.70. The van der Waals surface area contributed by atoms with Crippen LogP contribution in [0.5, 0.6) is 5.88 Å². The number of hydrogen-bond acceptors (Lipinski definition) is 5. The van der Waals surface area contributed by atoms with E-state index < -0.39 is 0 Å². The molecule has 0 saturated carbocycles. The van der Waals surface area contributed by atoms with Gasteiger partial charge in [0.05, 0.1) is 5.52 Å². The van der Waals surface area contributed by atoms with Gasteiger partial charge in [-0.05, 0) is 12.1 Å². The second-order valence-corrected chi connectivity index (χ2v) is 2.79. The second-order valence-electron chi connectivity index (χ2n) is 2.41. The van der Waals surface area contributed by atoms with E-state index in [1.54, 1.807) is 12.1 Å². The Morgan fingerprint density at radius 1 is 1.23 bits per heavy atom. The molecule has 0 fully saturated rings. The van der Waals surface area contributed by atoms with Crippen LogP contribution < -0.4 is 5.73 Å². The van der Waals surface area contributed by atoms with Crippen molar-refractivity contribution in [2.75, 3.05) is 5.73 Å². The molecule has 0 saturated heterocycles. The lowest BCUT2D eigenvalue weighted by molar-refractivity contribution is 0.459. The van der Waals surface area contributed by atoms with Crippen LogP contribution in [0.1, 0.15) is 0 Å². The number of pyridine rings is 1. The molecule has 0 amide bonds. The maximum Gasteiger partial charge on any atom is 0.243 e. The van der Waals surface area contributed by atoms with Crippen molar-refractivity contribution in [3.8, 4) is 5.88 Å². The number of nitrogens with two attached hydrogens (primary N) is 1. The zero-order valence-electron chi connectivity index (χ0n) is 6.40. The highest BCUT2D eigenvalue weighted by molar-refractivity contribution is 6.29. The largest absolute Gasteiger partial charge is 0.492 e. The Morgan fingerprint density at radius 2 is 2.00 bits per heavy atom. The van der Waals surface area contributed by atoms with Crippen molar-refractivity contribution in [1.29, 1.82) is 0 Å². The molecule has 0 spiro atoms. The van der Waals surface area contributed by atoms with Crippen molar-refractivity contribution in [2.45, 2.75) is 0 Å². The third-order valence-electron chi connectivity index (χ3n) is 1.51. The van der Waals surface area contributed by atoms with Crippen molar-refractivity contribution in [3.05, 3.63) is 17.3 Å². The minimum absolute atomic E-state index is 0.00845. The minimum Gasteiger partial charge on any atom is -0.492 e. The molecule has 2 aromatic heterocycles. The maximum absolute atomic E-state index is 9.32. The minimum atomic E-state index is -0.259. The number of fused-ring (bicyclic) bond motifs is 1. The molecule has 2 heterocycles. The normalized spacial score (nSPS) is 10.5. The molecular weight excluding hydrogens is 192 g/mol. The molecule has 6 heteroatoms. The summed E-state index contributed by atoms with van der Waals surface area (Å²) in [5.41, 5.74) is 6.04. The SMILES string of the molecule is Nc1nc(O)c2nc(Cl)ccc2n1. The van der Waals surface area contributed by atoms with Crippen LogP contribution in [-0.2, 0) is 0 Å². The zero-order chi connectivity index (χ0) is 9.42. The summed E-state index contributed by atoms with van der Waals surface area (Å²) in [6.45, 7) is 0. The van der Waals surface area contributed by atoms with Crippen molar-refractivity contribution in [1.82, 2.24) is 15.0 Å². The molecule has 66 valence electrons. The number of anilines is 1. The van der Waals surface area contributed by atoms with Crippen LogP contribution in [0.4, 0.5) is 5.95 Å². The Labute approximate surface area is 78.2 Å². The molecule has 0 aliphatic heterocycles. The predicted octanol–water partition coefficient (Wildman–Crippen LogP) is 0.966. The first-order chi connectivity index (χ1) is 6.16. The lowest BCUT2D eigenvalue weighted by atomic mass is 10.3. The molecule has 3 N–H and O–H groups in total. The first-order valence-electron chi connectivity index (χ1n) is 3.45. The van der Waals surface area contributed by atoms with Gasteiger partial charge in [0.15, 0.2) is 5.52 Å². The molecule has 0 bridgehead atoms. The monoisotopic (exact) mass is 196 g/mol. The molecule has 0 aromatic carbocycles. The summed E-state index contributed by atoms with van der Waals surface area (Å²) in [6.07, 6.45) is 0. The predicted molar refractivity (Wildman–Crippen MR) is 48.4 cm³/mol. The summed E-state index contributed by atoms with van der Waals surface area (Å²) < 4.78 is 0. The smallest absolute Gasteiger partial charge is 0.243 e. The maximum atomic E-state index is 9.32. The Bertz CT molecular complexity index is 473. The van der Waals surface area contributed by atoms with Crippen molar-refractivity contribution >= 4 is 28.6 Å². The van der Waals surface area contributed by atoms with Crippen LogP contribution >= 0.6 is 11.6 Å². The molecule has 0 unspecified atom stereocenters. The summed E-state index contributed by atoms with van der Waals surface area (Å²) in [7, 11) is 0. The van der Waals surface area contributed by atoms with Gasteiger partial charge in [0.2, 0.25) is 11.8 Å². The standard InChI is InChI=1S/C7H5ClN4O/c8-4-2-1-3-5(11-4)6(13)12-7(9)10-3/h1-2H,(H3,9,10,12,13). The van der Waals surface area contributed by atoms with E-state index in [0.29, 0.717) is 5.52 Å². The zero-order valence-corrected chi connectivity index (χ0v) is 7.15. The van der Waals surface area contributed by atoms with Crippen molar-refractivity contribution in [2.24, 2.45) is 0 Å². The third kappa shape index (κ3) is 1.33. The summed E-state index contributed by atoms with van der Waals surface area (Å²) >= 11 is 5.62. The molecule has 0 aliphatic carbocycles. The van der Waals surface area contributed by atoms with Crippen LogP contribution in [0.2, 0.25) is 5.15 Å². The molecule has 13 heavy (non-hydrogen) atoms. The van der Waals surface area contributed by atoms with Gasteiger partial charge in [0.25, 0.3) is 0 Å². The summed E-state index contributed by atoms with van der Waals surface area (Å²) in [5, 5.41) is 9.60. The molecule has 0 radical (unpaired) electrons. The summed E-state index contributed by atoms with van der Waals surface area (Å²) in [6, 6.07) is 3.18. The van der Waals surface area contributed by atoms with Crippen molar-refractivity contribution in [3.63, 3.8) is 0 Å². The third-order valence-corrected chi connectivity index (χ3v) is 1.72. The summed E-state index contributed by atoms with van der Waals surface area (Å²) in [4.78, 5) is 11.3. The van der Waals surface area contributed by atoms with Crippen LogP contribution in [0.3, 0.4) is 0 Å². The van der Waals surface area contributed by atoms with Crippen LogP contribution in [-0.4, -0.2) is 20.1 Å². The van der Waals surface area contributed by atoms with Gasteiger partial charge in [-0.3, -0.25) is 0 Å². The van der Waals surface area contributed by atoms with Gasteiger partial charge >= 0.3 is 0 Å². The van der Waals surface area contributed by atoms with Gasteiger partial charge in [-0.2, -0.15) is 4.98 Å². The van der Waals surface area contributed by atoms with Gasteiger partial charge in [-0.1, -0.05) is 11.6 Å². The van der Waals surface area contributed by atoms with Gasteiger partial charge in [0.1, 0.15) is 5.15 Å². The molecule has 0 aliphatic rings. The van der Waals surface area contributed by atoms with Crippen molar-refractivity contribution < 1.29 is 5.11 Å². The highest BCUT2D eigenvalue weighted by atomic mass is 35.5. The quantitative estimate of drug-likeness (QED) is 0.614. The van der Waals surface area contributed by atoms with E-state index in [4.69, 9.17) is 17.3 Å². The number of aromatic hydroxyl groups is 1. The molecular formula is C7H5ClN4O. The molecule has 2 rings (SSSR count). The highest BCUT2D eigenvalue weighted by Gasteiger charge is 2.05. The van der Waals surface area contributed by atoms with E-state index in [2.05, 4.69) is 15.0 Å². The fraction of sp³-hybridized carbons (Fsp3) is 0. The number of aromatic nitrogens is 3. The number of hydrogen-bond donors (Lipinski definition) is 2.